The number of benzene rings is 9. The summed E-state index contributed by atoms with van der Waals surface area (Å²) in [6.07, 6.45) is 0. The van der Waals surface area contributed by atoms with Crippen LogP contribution in [-0.4, -0.2) is 4.57 Å². The molecule has 10 aromatic rings. The zero-order valence-corrected chi connectivity index (χ0v) is 31.2. The maximum Gasteiger partial charge on any atom is 0.0754 e. The molecule has 2 nitrogen and oxygen atoms in total. The van der Waals surface area contributed by atoms with Crippen molar-refractivity contribution in [3.8, 4) is 39.1 Å². The van der Waals surface area contributed by atoms with Gasteiger partial charge in [0, 0.05) is 27.7 Å². The molecule has 9 aromatic carbocycles. The number of anilines is 3. The number of hydrogen-bond acceptors (Lipinski definition) is 1. The van der Waals surface area contributed by atoms with Gasteiger partial charge in [0.2, 0.25) is 0 Å². The fourth-order valence-corrected chi connectivity index (χ4v) is 10.1. The first-order valence-electron chi connectivity index (χ1n) is 19.8. The lowest BCUT2D eigenvalue weighted by atomic mass is 9.65. The normalized spacial score (nSPS) is 13.1. The van der Waals surface area contributed by atoms with Gasteiger partial charge in [0.05, 0.1) is 27.8 Å². The molecule has 2 heterocycles. The maximum absolute atomic E-state index is 2.53. The van der Waals surface area contributed by atoms with E-state index in [4.69, 9.17) is 0 Å². The van der Waals surface area contributed by atoms with E-state index in [0.717, 1.165) is 17.1 Å². The summed E-state index contributed by atoms with van der Waals surface area (Å²) >= 11 is 0. The van der Waals surface area contributed by atoms with Crippen LogP contribution in [-0.2, 0) is 5.41 Å². The Morgan fingerprint density at radius 1 is 0.351 bits per heavy atom. The molecule has 57 heavy (non-hydrogen) atoms. The van der Waals surface area contributed by atoms with Gasteiger partial charge in [0.15, 0.2) is 0 Å². The number of fused-ring (bicyclic) bond motifs is 12. The van der Waals surface area contributed by atoms with Gasteiger partial charge in [-0.05, 0) is 98.6 Å². The summed E-state index contributed by atoms with van der Waals surface area (Å²) < 4.78 is 2.53. The fraction of sp³-hybridized carbons (Fsp3) is 0.0182. The van der Waals surface area contributed by atoms with Crippen LogP contribution in [0.5, 0.6) is 0 Å². The summed E-state index contributed by atoms with van der Waals surface area (Å²) in [6.45, 7) is 0. The van der Waals surface area contributed by atoms with E-state index in [1.54, 1.807) is 0 Å². The highest BCUT2D eigenvalue weighted by atomic mass is 15.1. The molecule has 2 heteroatoms. The minimum Gasteiger partial charge on any atom is -0.310 e. The summed E-state index contributed by atoms with van der Waals surface area (Å²) in [5, 5.41) is 2.50. The number of aromatic nitrogens is 1. The van der Waals surface area contributed by atoms with Crippen LogP contribution in [0, 0.1) is 0 Å². The lowest BCUT2D eigenvalue weighted by molar-refractivity contribution is 0.748. The van der Waals surface area contributed by atoms with Crippen LogP contribution in [0.4, 0.5) is 17.1 Å². The minimum atomic E-state index is -0.431. The largest absolute Gasteiger partial charge is 0.310 e. The zero-order valence-electron chi connectivity index (χ0n) is 31.2. The minimum absolute atomic E-state index is 0.431. The van der Waals surface area contributed by atoms with Crippen LogP contribution in [0.3, 0.4) is 0 Å². The first kappa shape index (κ1) is 31.9. The van der Waals surface area contributed by atoms with Gasteiger partial charge in [0.1, 0.15) is 0 Å². The van der Waals surface area contributed by atoms with Crippen molar-refractivity contribution in [2.45, 2.75) is 5.41 Å². The summed E-state index contributed by atoms with van der Waals surface area (Å²) in [7, 11) is 0. The molecule has 0 atom stereocenters. The summed E-state index contributed by atoms with van der Waals surface area (Å²) in [5.74, 6) is 0. The van der Waals surface area contributed by atoms with Gasteiger partial charge < -0.3 is 9.47 Å². The molecule has 266 valence electrons. The van der Waals surface area contributed by atoms with Crippen molar-refractivity contribution in [2.75, 3.05) is 4.90 Å². The number of rotatable bonds is 5. The Labute approximate surface area is 332 Å². The van der Waals surface area contributed by atoms with Crippen molar-refractivity contribution < 1.29 is 0 Å². The zero-order chi connectivity index (χ0) is 37.5. The Bertz CT molecular complexity index is 3150. The smallest absolute Gasteiger partial charge is 0.0754 e. The number of hydrogen-bond donors (Lipinski definition) is 0. The highest BCUT2D eigenvalue weighted by Gasteiger charge is 2.50. The van der Waals surface area contributed by atoms with Gasteiger partial charge in [-0.1, -0.05) is 170 Å². The van der Waals surface area contributed by atoms with E-state index in [2.05, 4.69) is 228 Å². The van der Waals surface area contributed by atoms with E-state index in [0.29, 0.717) is 0 Å². The molecule has 0 saturated carbocycles. The molecule has 2 aliphatic rings. The highest BCUT2D eigenvalue weighted by Crippen LogP contribution is 2.61. The maximum atomic E-state index is 2.53. The van der Waals surface area contributed by atoms with Crippen LogP contribution >= 0.6 is 0 Å². The Balaban J connectivity index is 1.11. The lowest BCUT2D eigenvalue weighted by Gasteiger charge is -2.39. The summed E-state index contributed by atoms with van der Waals surface area (Å²) in [4.78, 5) is 2.43. The molecule has 1 spiro atoms. The second kappa shape index (κ2) is 12.3. The Morgan fingerprint density at radius 3 is 1.70 bits per heavy atom. The average Bonchev–Trinajstić information content (AvgIpc) is 3.78. The SMILES string of the molecule is c1ccc(-c2cccc(-c3ccccc3N(c3ccccc3)c3ccc4c(c3)c3cccc5c3n4-c3ccccc3C53c4ccccc4-c4ccccc43)c2)cc1. The van der Waals surface area contributed by atoms with Gasteiger partial charge in [0.25, 0.3) is 0 Å². The Morgan fingerprint density at radius 2 is 0.930 bits per heavy atom. The second-order valence-corrected chi connectivity index (χ2v) is 15.2. The molecular weight excluding hydrogens is 689 g/mol. The third kappa shape index (κ3) is 4.47. The van der Waals surface area contributed by atoms with E-state index < -0.39 is 5.41 Å². The molecule has 0 N–H and O–H groups in total. The topological polar surface area (TPSA) is 8.17 Å². The van der Waals surface area contributed by atoms with Crippen molar-refractivity contribution in [2.24, 2.45) is 0 Å². The molecule has 0 fully saturated rings. The molecule has 0 saturated heterocycles. The third-order valence-electron chi connectivity index (χ3n) is 12.4. The molecule has 0 bridgehead atoms. The molecular formula is C55H36N2. The predicted octanol–water partition coefficient (Wildman–Crippen LogP) is 14.3. The van der Waals surface area contributed by atoms with E-state index in [1.165, 1.54) is 83.1 Å². The monoisotopic (exact) mass is 724 g/mol. The van der Waals surface area contributed by atoms with Crippen molar-refractivity contribution in [3.63, 3.8) is 0 Å². The van der Waals surface area contributed by atoms with Crippen molar-refractivity contribution in [1.82, 2.24) is 4.57 Å². The summed E-state index contributed by atoms with van der Waals surface area (Å²) in [5.41, 5.74) is 19.4. The first-order chi connectivity index (χ1) is 28.3. The van der Waals surface area contributed by atoms with Crippen molar-refractivity contribution in [3.05, 3.63) is 241 Å². The van der Waals surface area contributed by atoms with Crippen LogP contribution in [0.25, 0.3) is 60.9 Å². The van der Waals surface area contributed by atoms with Crippen LogP contribution in [0.2, 0.25) is 0 Å². The molecule has 1 aliphatic carbocycles. The molecule has 0 radical (unpaired) electrons. The molecule has 1 aromatic heterocycles. The van der Waals surface area contributed by atoms with Gasteiger partial charge in [-0.3, -0.25) is 0 Å². The lowest BCUT2D eigenvalue weighted by Crippen LogP contribution is -2.33. The number of para-hydroxylation sites is 4. The Kier molecular flexibility index (Phi) is 6.88. The molecule has 12 rings (SSSR count). The van der Waals surface area contributed by atoms with Gasteiger partial charge in [-0.15, -0.1) is 0 Å². The van der Waals surface area contributed by atoms with E-state index in [9.17, 15) is 0 Å². The molecule has 1 aliphatic heterocycles. The van der Waals surface area contributed by atoms with Crippen LogP contribution in [0.15, 0.2) is 218 Å². The fourth-order valence-electron chi connectivity index (χ4n) is 10.1. The second-order valence-electron chi connectivity index (χ2n) is 15.2. The van der Waals surface area contributed by atoms with Crippen molar-refractivity contribution in [1.29, 1.82) is 0 Å². The van der Waals surface area contributed by atoms with Gasteiger partial charge in [-0.2, -0.15) is 0 Å². The van der Waals surface area contributed by atoms with E-state index >= 15 is 0 Å². The number of nitrogens with zero attached hydrogens (tertiary/aromatic N) is 2. The third-order valence-corrected chi connectivity index (χ3v) is 12.4. The van der Waals surface area contributed by atoms with Crippen LogP contribution in [0.1, 0.15) is 22.3 Å². The average molecular weight is 725 g/mol. The molecule has 0 amide bonds. The van der Waals surface area contributed by atoms with Gasteiger partial charge in [-0.25, -0.2) is 0 Å². The predicted molar refractivity (Wildman–Crippen MR) is 237 cm³/mol. The van der Waals surface area contributed by atoms with E-state index in [1.807, 2.05) is 0 Å². The summed E-state index contributed by atoms with van der Waals surface area (Å²) in [6, 6.07) is 80.4. The van der Waals surface area contributed by atoms with Gasteiger partial charge >= 0.3 is 0 Å². The standard InChI is InChI=1S/C55H36N2/c1-3-17-37(18-4-1)38-19-15-20-39(35-38)42-23-9-13-31-51(42)56(40-21-5-2-6-22-40)41-33-34-52-46(36-41)45-26-16-30-50-54(45)57(52)53-32-14-12-29-49(53)55(50)47-27-10-7-24-43(47)44-25-8-11-28-48(44)55/h1-36H. The van der Waals surface area contributed by atoms with Crippen molar-refractivity contribution >= 4 is 38.9 Å². The Hall–Kier alpha value is -7.42. The highest BCUT2D eigenvalue weighted by molar-refractivity contribution is 6.14. The van der Waals surface area contributed by atoms with E-state index in [-0.39, 0.29) is 0 Å². The molecule has 0 unspecified atom stereocenters. The quantitative estimate of drug-likeness (QED) is 0.172. The first-order valence-corrected chi connectivity index (χ1v) is 19.8. The van der Waals surface area contributed by atoms with Crippen LogP contribution < -0.4 is 4.90 Å².